The Morgan fingerprint density at radius 2 is 1.92 bits per heavy atom. The second kappa shape index (κ2) is 4.27. The van der Waals surface area contributed by atoms with Crippen molar-refractivity contribution in [3.8, 4) is 0 Å². The Morgan fingerprint density at radius 1 is 1.33 bits per heavy atom. The molecule has 1 saturated carbocycles. The van der Waals surface area contributed by atoms with Gasteiger partial charge in [0.25, 0.3) is 0 Å². The van der Waals surface area contributed by atoms with Crippen molar-refractivity contribution in [2.75, 3.05) is 6.54 Å². The highest BCUT2D eigenvalue weighted by atomic mass is 14.6. The molecule has 0 saturated heterocycles. The van der Waals surface area contributed by atoms with Gasteiger partial charge in [-0.15, -0.1) is 0 Å². The van der Waals surface area contributed by atoms with Gasteiger partial charge in [0.15, 0.2) is 0 Å². The van der Waals surface area contributed by atoms with Crippen molar-refractivity contribution in [2.24, 2.45) is 17.1 Å². The lowest BCUT2D eigenvalue weighted by Crippen LogP contribution is -2.33. The molecular formula is C11H23N. The minimum atomic E-state index is 0.450. The number of hydrogen-bond acceptors (Lipinski definition) is 1. The minimum absolute atomic E-state index is 0.450. The maximum Gasteiger partial charge on any atom is -0.00205 e. The summed E-state index contributed by atoms with van der Waals surface area (Å²) in [5, 5.41) is 0. The summed E-state index contributed by atoms with van der Waals surface area (Å²) >= 11 is 0. The molecule has 12 heavy (non-hydrogen) atoms. The molecule has 1 rings (SSSR count). The van der Waals surface area contributed by atoms with Crippen LogP contribution in [0.15, 0.2) is 0 Å². The van der Waals surface area contributed by atoms with Gasteiger partial charge >= 0.3 is 0 Å². The van der Waals surface area contributed by atoms with E-state index in [2.05, 4.69) is 13.8 Å². The summed E-state index contributed by atoms with van der Waals surface area (Å²) in [5.74, 6) is 0.919. The van der Waals surface area contributed by atoms with Crippen LogP contribution < -0.4 is 5.73 Å². The highest BCUT2D eigenvalue weighted by Gasteiger charge is 2.33. The van der Waals surface area contributed by atoms with Gasteiger partial charge in [0.05, 0.1) is 0 Å². The zero-order valence-electron chi connectivity index (χ0n) is 8.60. The second-order valence-electron chi connectivity index (χ2n) is 4.59. The molecule has 0 aliphatic heterocycles. The van der Waals surface area contributed by atoms with Crippen LogP contribution in [0.2, 0.25) is 0 Å². The van der Waals surface area contributed by atoms with Crippen LogP contribution in [0, 0.1) is 11.3 Å². The standard InChI is InChI=1S/C11H23N/c1-3-8-11(2,9-12)10-6-4-5-7-10/h10H,3-9,12H2,1-2H3. The predicted octanol–water partition coefficient (Wildman–Crippen LogP) is 2.94. The molecule has 0 spiro atoms. The zero-order chi connectivity index (χ0) is 9.03. The Labute approximate surface area is 76.7 Å². The fourth-order valence-corrected chi connectivity index (χ4v) is 2.67. The topological polar surface area (TPSA) is 26.0 Å². The van der Waals surface area contributed by atoms with Crippen molar-refractivity contribution in [3.63, 3.8) is 0 Å². The van der Waals surface area contributed by atoms with Crippen LogP contribution in [0.4, 0.5) is 0 Å². The van der Waals surface area contributed by atoms with E-state index in [4.69, 9.17) is 5.73 Å². The predicted molar refractivity (Wildman–Crippen MR) is 54.0 cm³/mol. The maximum atomic E-state index is 5.87. The molecule has 0 heterocycles. The van der Waals surface area contributed by atoms with Crippen molar-refractivity contribution in [1.29, 1.82) is 0 Å². The summed E-state index contributed by atoms with van der Waals surface area (Å²) in [5.41, 5.74) is 6.32. The van der Waals surface area contributed by atoms with Crippen molar-refractivity contribution in [1.82, 2.24) is 0 Å². The Kier molecular flexibility index (Phi) is 3.57. The zero-order valence-corrected chi connectivity index (χ0v) is 8.60. The fraction of sp³-hybridized carbons (Fsp3) is 1.00. The first-order chi connectivity index (χ1) is 5.73. The minimum Gasteiger partial charge on any atom is -0.330 e. The lowest BCUT2D eigenvalue weighted by molar-refractivity contribution is 0.180. The molecule has 0 amide bonds. The van der Waals surface area contributed by atoms with Crippen LogP contribution in [-0.2, 0) is 0 Å². The van der Waals surface area contributed by atoms with E-state index >= 15 is 0 Å². The molecule has 1 unspecified atom stereocenters. The molecule has 0 aromatic heterocycles. The van der Waals surface area contributed by atoms with Crippen LogP contribution >= 0.6 is 0 Å². The van der Waals surface area contributed by atoms with Crippen LogP contribution in [0.1, 0.15) is 52.4 Å². The Balaban J connectivity index is 2.51. The maximum absolute atomic E-state index is 5.87. The van der Waals surface area contributed by atoms with Crippen molar-refractivity contribution in [3.05, 3.63) is 0 Å². The van der Waals surface area contributed by atoms with E-state index in [1.54, 1.807) is 0 Å². The summed E-state index contributed by atoms with van der Waals surface area (Å²) in [4.78, 5) is 0. The fourth-order valence-electron chi connectivity index (χ4n) is 2.67. The Morgan fingerprint density at radius 3 is 2.33 bits per heavy atom. The highest BCUT2D eigenvalue weighted by Crippen LogP contribution is 2.41. The molecule has 0 radical (unpaired) electrons. The SMILES string of the molecule is CCCC(C)(CN)C1CCCC1. The molecule has 1 aliphatic carbocycles. The molecule has 2 N–H and O–H groups in total. The molecule has 1 heteroatoms. The molecule has 1 atom stereocenters. The van der Waals surface area contributed by atoms with Crippen LogP contribution in [-0.4, -0.2) is 6.54 Å². The third-order valence-corrected chi connectivity index (χ3v) is 3.63. The molecule has 1 fully saturated rings. The highest BCUT2D eigenvalue weighted by molar-refractivity contribution is 4.86. The van der Waals surface area contributed by atoms with E-state index in [9.17, 15) is 0 Å². The van der Waals surface area contributed by atoms with Gasteiger partial charge in [0.2, 0.25) is 0 Å². The van der Waals surface area contributed by atoms with Crippen molar-refractivity contribution < 1.29 is 0 Å². The van der Waals surface area contributed by atoms with Gasteiger partial charge in [0.1, 0.15) is 0 Å². The number of rotatable bonds is 4. The summed E-state index contributed by atoms with van der Waals surface area (Å²) in [7, 11) is 0. The first-order valence-corrected chi connectivity index (χ1v) is 5.43. The van der Waals surface area contributed by atoms with Crippen molar-refractivity contribution in [2.45, 2.75) is 52.4 Å². The van der Waals surface area contributed by atoms with Gasteiger partial charge in [0, 0.05) is 0 Å². The summed E-state index contributed by atoms with van der Waals surface area (Å²) < 4.78 is 0. The molecule has 1 nitrogen and oxygen atoms in total. The largest absolute Gasteiger partial charge is 0.330 e. The van der Waals surface area contributed by atoms with Gasteiger partial charge in [-0.1, -0.05) is 33.1 Å². The first kappa shape index (κ1) is 10.0. The van der Waals surface area contributed by atoms with Gasteiger partial charge < -0.3 is 5.73 Å². The average Bonchev–Trinajstić information content (AvgIpc) is 2.57. The lowest BCUT2D eigenvalue weighted by atomic mass is 9.73. The summed E-state index contributed by atoms with van der Waals surface area (Å²) in [6, 6.07) is 0. The normalized spacial score (nSPS) is 24.2. The molecule has 0 aromatic carbocycles. The van der Waals surface area contributed by atoms with E-state index < -0.39 is 0 Å². The summed E-state index contributed by atoms with van der Waals surface area (Å²) in [6.45, 7) is 5.53. The van der Waals surface area contributed by atoms with E-state index in [1.165, 1.54) is 38.5 Å². The number of nitrogens with two attached hydrogens (primary N) is 1. The molecular weight excluding hydrogens is 146 g/mol. The van der Waals surface area contributed by atoms with E-state index in [-0.39, 0.29) is 0 Å². The monoisotopic (exact) mass is 169 g/mol. The smallest absolute Gasteiger partial charge is 0.00205 e. The van der Waals surface area contributed by atoms with Gasteiger partial charge in [-0.05, 0) is 37.1 Å². The summed E-state index contributed by atoms with van der Waals surface area (Å²) in [6.07, 6.45) is 8.31. The van der Waals surface area contributed by atoms with Crippen molar-refractivity contribution >= 4 is 0 Å². The third-order valence-electron chi connectivity index (χ3n) is 3.63. The second-order valence-corrected chi connectivity index (χ2v) is 4.59. The van der Waals surface area contributed by atoms with Gasteiger partial charge in [-0.25, -0.2) is 0 Å². The Hall–Kier alpha value is -0.0400. The van der Waals surface area contributed by atoms with Crippen LogP contribution in [0.5, 0.6) is 0 Å². The van der Waals surface area contributed by atoms with Gasteiger partial charge in [-0.3, -0.25) is 0 Å². The van der Waals surface area contributed by atoms with Crippen LogP contribution in [0.25, 0.3) is 0 Å². The lowest BCUT2D eigenvalue weighted by Gasteiger charge is -2.34. The first-order valence-electron chi connectivity index (χ1n) is 5.43. The van der Waals surface area contributed by atoms with E-state index in [1.807, 2.05) is 0 Å². The van der Waals surface area contributed by atoms with E-state index in [0.29, 0.717) is 5.41 Å². The molecule has 1 aliphatic rings. The third kappa shape index (κ3) is 2.01. The van der Waals surface area contributed by atoms with E-state index in [0.717, 1.165) is 12.5 Å². The molecule has 72 valence electrons. The average molecular weight is 169 g/mol. The molecule has 0 aromatic rings. The quantitative estimate of drug-likeness (QED) is 0.688. The van der Waals surface area contributed by atoms with Crippen LogP contribution in [0.3, 0.4) is 0 Å². The van der Waals surface area contributed by atoms with Gasteiger partial charge in [-0.2, -0.15) is 0 Å². The molecule has 0 bridgehead atoms. The Bertz CT molecular complexity index is 127. The number of hydrogen-bond donors (Lipinski definition) is 1.